The predicted octanol–water partition coefficient (Wildman–Crippen LogP) is 1.79. The quantitative estimate of drug-likeness (QED) is 0.845. The van der Waals surface area contributed by atoms with Crippen molar-refractivity contribution in [1.82, 2.24) is 10.4 Å². The molecule has 23 heavy (non-hydrogen) atoms. The van der Waals surface area contributed by atoms with E-state index in [-0.39, 0.29) is 11.7 Å². The van der Waals surface area contributed by atoms with E-state index in [9.17, 15) is 9.59 Å². The van der Waals surface area contributed by atoms with Crippen molar-refractivity contribution in [1.29, 1.82) is 0 Å². The molecule has 2 aliphatic heterocycles. The Morgan fingerprint density at radius 1 is 1.13 bits per heavy atom. The summed E-state index contributed by atoms with van der Waals surface area (Å²) in [5, 5.41) is 4.84. The lowest BCUT2D eigenvalue weighted by Crippen LogP contribution is -2.54. The average Bonchev–Trinajstić information content (AvgIpc) is 2.72. The highest BCUT2D eigenvalue weighted by Crippen LogP contribution is 2.38. The highest BCUT2D eigenvalue weighted by Gasteiger charge is 2.54. The Balaban J connectivity index is 1.94. The van der Waals surface area contributed by atoms with Gasteiger partial charge in [0.1, 0.15) is 11.5 Å². The molecular weight excluding hydrogens is 292 g/mol. The molecule has 1 unspecified atom stereocenters. The van der Waals surface area contributed by atoms with E-state index in [1.54, 1.807) is 7.11 Å². The van der Waals surface area contributed by atoms with Crippen LogP contribution in [0.5, 0.6) is 0 Å². The van der Waals surface area contributed by atoms with E-state index in [1.807, 2.05) is 38.0 Å². The normalized spacial score (nSPS) is 24.3. The molecule has 1 aromatic rings. The minimum absolute atomic E-state index is 0.0216. The van der Waals surface area contributed by atoms with Crippen molar-refractivity contribution < 1.29 is 14.4 Å². The summed E-state index contributed by atoms with van der Waals surface area (Å²) in [6.07, 6.45) is 1.21. The fraction of sp³-hybridized carbons (Fsp3) is 0.556. The second kappa shape index (κ2) is 5.73. The summed E-state index contributed by atoms with van der Waals surface area (Å²) in [6.45, 7) is 7.30. The summed E-state index contributed by atoms with van der Waals surface area (Å²) < 4.78 is 0. The Kier molecular flexibility index (Phi) is 4.02. The van der Waals surface area contributed by atoms with Crippen LogP contribution in [0.15, 0.2) is 12.1 Å². The summed E-state index contributed by atoms with van der Waals surface area (Å²) >= 11 is 0. The van der Waals surface area contributed by atoms with Crippen molar-refractivity contribution in [3.63, 3.8) is 0 Å². The van der Waals surface area contributed by atoms with Crippen LogP contribution in [0.3, 0.4) is 0 Å². The first-order valence-corrected chi connectivity index (χ1v) is 8.11. The first kappa shape index (κ1) is 16.1. The number of carbonyl (C=O) groups is 2. The van der Waals surface area contributed by atoms with Crippen molar-refractivity contribution in [2.75, 3.05) is 20.2 Å². The molecule has 5 nitrogen and oxygen atoms in total. The molecule has 3 rings (SSSR count). The van der Waals surface area contributed by atoms with E-state index in [0.29, 0.717) is 25.9 Å². The van der Waals surface area contributed by atoms with Gasteiger partial charge in [-0.3, -0.25) is 9.59 Å². The van der Waals surface area contributed by atoms with E-state index >= 15 is 0 Å². The van der Waals surface area contributed by atoms with Crippen molar-refractivity contribution in [3.8, 4) is 0 Å². The number of benzene rings is 1. The van der Waals surface area contributed by atoms with Crippen LogP contribution in [0, 0.1) is 20.8 Å². The molecule has 1 aromatic carbocycles. The van der Waals surface area contributed by atoms with Gasteiger partial charge in [-0.1, -0.05) is 17.7 Å². The molecular formula is C18H24N2O3. The first-order valence-electron chi connectivity index (χ1n) is 8.11. The molecule has 0 radical (unpaired) electrons. The molecule has 0 bridgehead atoms. The number of hydrogen-bond acceptors (Lipinski definition) is 4. The molecule has 0 aromatic heterocycles. The zero-order valence-corrected chi connectivity index (χ0v) is 14.2. The summed E-state index contributed by atoms with van der Waals surface area (Å²) in [5.41, 5.74) is 3.34. The Morgan fingerprint density at radius 3 is 2.22 bits per heavy atom. The highest BCUT2D eigenvalue weighted by atomic mass is 16.7. The molecule has 2 fully saturated rings. The molecule has 124 valence electrons. The van der Waals surface area contributed by atoms with Crippen LogP contribution >= 0.6 is 0 Å². The molecule has 1 spiro atoms. The van der Waals surface area contributed by atoms with Gasteiger partial charge in [0.05, 0.1) is 7.11 Å². The van der Waals surface area contributed by atoms with Gasteiger partial charge in [-0.05, 0) is 50.3 Å². The summed E-state index contributed by atoms with van der Waals surface area (Å²) in [4.78, 5) is 31.0. The number of nitrogens with zero attached hydrogens (tertiary/aromatic N) is 1. The van der Waals surface area contributed by atoms with E-state index in [4.69, 9.17) is 4.84 Å². The number of hydrogen-bond donors (Lipinski definition) is 1. The number of hydroxylamine groups is 2. The molecule has 2 saturated heterocycles. The topological polar surface area (TPSA) is 58.6 Å². The van der Waals surface area contributed by atoms with Crippen LogP contribution < -0.4 is 5.32 Å². The van der Waals surface area contributed by atoms with Gasteiger partial charge in [0.15, 0.2) is 5.78 Å². The van der Waals surface area contributed by atoms with Crippen LogP contribution in [0.4, 0.5) is 0 Å². The molecule has 0 saturated carbocycles. The maximum Gasteiger partial charge on any atom is 0.235 e. The van der Waals surface area contributed by atoms with Crippen LogP contribution in [0.1, 0.15) is 41.0 Å². The fourth-order valence-corrected chi connectivity index (χ4v) is 4.10. The smallest absolute Gasteiger partial charge is 0.235 e. The van der Waals surface area contributed by atoms with Crippen LogP contribution in [0.25, 0.3) is 0 Å². The number of rotatable bonds is 2. The molecule has 1 atom stereocenters. The third-order valence-electron chi connectivity index (χ3n) is 5.22. The fourth-order valence-electron chi connectivity index (χ4n) is 4.10. The lowest BCUT2D eigenvalue weighted by atomic mass is 9.79. The van der Waals surface area contributed by atoms with Gasteiger partial charge in [-0.2, -0.15) is 5.06 Å². The van der Waals surface area contributed by atoms with Crippen molar-refractivity contribution in [2.45, 2.75) is 45.1 Å². The third kappa shape index (κ3) is 2.58. The number of aryl methyl sites for hydroxylation is 3. The van der Waals surface area contributed by atoms with Gasteiger partial charge < -0.3 is 10.2 Å². The second-order valence-corrected chi connectivity index (χ2v) is 6.79. The number of piperidine rings is 1. The molecule has 1 amide bonds. The number of amides is 1. The van der Waals surface area contributed by atoms with Gasteiger partial charge >= 0.3 is 0 Å². The molecule has 5 heteroatoms. The zero-order chi connectivity index (χ0) is 16.8. The van der Waals surface area contributed by atoms with Gasteiger partial charge in [-0.25, -0.2) is 0 Å². The first-order chi connectivity index (χ1) is 10.9. The van der Waals surface area contributed by atoms with Crippen molar-refractivity contribution in [2.24, 2.45) is 0 Å². The van der Waals surface area contributed by atoms with Gasteiger partial charge in [-0.15, -0.1) is 0 Å². The average molecular weight is 316 g/mol. The second-order valence-electron chi connectivity index (χ2n) is 6.79. The summed E-state index contributed by atoms with van der Waals surface area (Å²) in [5.74, 6) is -0.811. The molecule has 2 aliphatic rings. The van der Waals surface area contributed by atoms with E-state index in [1.165, 1.54) is 0 Å². The van der Waals surface area contributed by atoms with Crippen LogP contribution in [-0.2, 0) is 14.4 Å². The lowest BCUT2D eigenvalue weighted by molar-refractivity contribution is -0.157. The van der Waals surface area contributed by atoms with Crippen molar-refractivity contribution >= 4 is 11.7 Å². The van der Waals surface area contributed by atoms with E-state index in [0.717, 1.165) is 22.3 Å². The Labute approximate surface area is 136 Å². The molecule has 2 heterocycles. The Hall–Kier alpha value is -1.72. The van der Waals surface area contributed by atoms with Gasteiger partial charge in [0, 0.05) is 13.1 Å². The summed E-state index contributed by atoms with van der Waals surface area (Å²) in [7, 11) is 1.63. The van der Waals surface area contributed by atoms with E-state index in [2.05, 4.69) is 5.32 Å². The third-order valence-corrected chi connectivity index (χ3v) is 5.22. The predicted molar refractivity (Wildman–Crippen MR) is 87.1 cm³/mol. The Morgan fingerprint density at radius 2 is 1.70 bits per heavy atom. The largest absolute Gasteiger partial charge is 0.343 e. The standard InChI is InChI=1S/C18H24N2O3/c1-11-9-12(2)14(13(3)10-11)15-16(21)18(19-17(15)22)5-7-20(23-4)8-6-18/h9-10,15H,5-8H2,1-4H3,(H,19,22). The van der Waals surface area contributed by atoms with Crippen molar-refractivity contribution in [3.05, 3.63) is 34.4 Å². The van der Waals surface area contributed by atoms with Gasteiger partial charge in [0.25, 0.3) is 0 Å². The lowest BCUT2D eigenvalue weighted by Gasteiger charge is -2.36. The number of carbonyl (C=O) groups excluding carboxylic acids is 2. The SMILES string of the molecule is CON1CCC2(CC1)NC(=O)C(c1c(C)cc(C)cc1C)C2=O. The Bertz CT molecular complexity index is 637. The number of nitrogens with one attached hydrogen (secondary N) is 1. The number of ketones is 1. The highest BCUT2D eigenvalue weighted by molar-refractivity contribution is 6.17. The van der Waals surface area contributed by atoms with E-state index < -0.39 is 11.5 Å². The summed E-state index contributed by atoms with van der Waals surface area (Å²) in [6, 6.07) is 4.09. The van der Waals surface area contributed by atoms with Crippen LogP contribution in [-0.4, -0.2) is 42.5 Å². The van der Waals surface area contributed by atoms with Crippen LogP contribution in [0.2, 0.25) is 0 Å². The zero-order valence-electron chi connectivity index (χ0n) is 14.2. The minimum Gasteiger partial charge on any atom is -0.343 e. The molecule has 0 aliphatic carbocycles. The number of Topliss-reactive ketones (excluding diaryl/α,β-unsaturated/α-hetero) is 1. The maximum atomic E-state index is 13.1. The molecule has 1 N–H and O–H groups in total. The minimum atomic E-state index is -0.722. The monoisotopic (exact) mass is 316 g/mol. The van der Waals surface area contributed by atoms with Gasteiger partial charge in [0.2, 0.25) is 5.91 Å². The maximum absolute atomic E-state index is 13.1.